The highest BCUT2D eigenvalue weighted by molar-refractivity contribution is 5.98. The van der Waals surface area contributed by atoms with E-state index < -0.39 is 5.97 Å². The number of rotatable bonds is 7. The average Bonchev–Trinajstić information content (AvgIpc) is 2.74. The number of carboxylic acid groups (broad SMARTS) is 1. The lowest BCUT2D eigenvalue weighted by Crippen LogP contribution is -2.47. The molecule has 0 spiro atoms. The third-order valence-electron chi connectivity index (χ3n) is 5.59. The molecule has 160 valence electrons. The van der Waals surface area contributed by atoms with E-state index >= 15 is 0 Å². The molecule has 0 unspecified atom stereocenters. The number of carbonyl (C=O) groups excluding carboxylic acids is 1. The van der Waals surface area contributed by atoms with Gasteiger partial charge in [-0.1, -0.05) is 25.5 Å². The molecule has 2 aromatic rings. The van der Waals surface area contributed by atoms with Crippen molar-refractivity contribution in [1.29, 1.82) is 0 Å². The van der Waals surface area contributed by atoms with E-state index in [0.29, 0.717) is 17.8 Å². The molecule has 1 fully saturated rings. The van der Waals surface area contributed by atoms with Gasteiger partial charge in [0.25, 0.3) is 0 Å². The molecule has 6 heteroatoms. The maximum Gasteiger partial charge on any atom is 0.337 e. The Balaban J connectivity index is 1.72. The van der Waals surface area contributed by atoms with Gasteiger partial charge in [0.1, 0.15) is 0 Å². The number of aryl methyl sites for hydroxylation is 2. The number of nitrogens with one attached hydrogen (secondary N) is 1. The van der Waals surface area contributed by atoms with Crippen molar-refractivity contribution in [2.45, 2.75) is 40.0 Å². The molecule has 0 bridgehead atoms. The zero-order valence-electron chi connectivity index (χ0n) is 18.1. The van der Waals surface area contributed by atoms with Crippen molar-refractivity contribution >= 4 is 28.9 Å². The predicted molar refractivity (Wildman–Crippen MR) is 122 cm³/mol. The minimum absolute atomic E-state index is 0.0805. The Kier molecular flexibility index (Phi) is 6.98. The Hall–Kier alpha value is -3.02. The second-order valence-corrected chi connectivity index (χ2v) is 7.95. The van der Waals surface area contributed by atoms with E-state index in [2.05, 4.69) is 47.2 Å². The summed E-state index contributed by atoms with van der Waals surface area (Å²) < 4.78 is 0. The standard InChI is InChI=1S/C24H31N3O3/c1-4-5-6-23(28)25-19-9-10-21(20(16-19)24(29)30)26-11-13-27(14-12-26)22-15-17(2)7-8-18(22)3/h7-10,15-16H,4-6,11-14H2,1-3H3,(H,25,28)(H,29,30). The van der Waals surface area contributed by atoms with Crippen LogP contribution in [0.15, 0.2) is 36.4 Å². The molecule has 6 nitrogen and oxygen atoms in total. The highest BCUT2D eigenvalue weighted by atomic mass is 16.4. The highest BCUT2D eigenvalue weighted by Gasteiger charge is 2.23. The minimum Gasteiger partial charge on any atom is -0.478 e. The fourth-order valence-electron chi connectivity index (χ4n) is 3.87. The minimum atomic E-state index is -0.980. The van der Waals surface area contributed by atoms with Gasteiger partial charge in [0, 0.05) is 44.0 Å². The van der Waals surface area contributed by atoms with Gasteiger partial charge in [-0.3, -0.25) is 4.79 Å². The van der Waals surface area contributed by atoms with Crippen LogP contribution >= 0.6 is 0 Å². The number of amides is 1. The summed E-state index contributed by atoms with van der Waals surface area (Å²) in [6, 6.07) is 11.7. The third kappa shape index (κ3) is 5.12. The van der Waals surface area contributed by atoms with Crippen LogP contribution in [-0.4, -0.2) is 43.2 Å². The lowest BCUT2D eigenvalue weighted by Gasteiger charge is -2.38. The molecule has 1 heterocycles. The van der Waals surface area contributed by atoms with Gasteiger partial charge in [0.15, 0.2) is 0 Å². The van der Waals surface area contributed by atoms with E-state index in [0.717, 1.165) is 39.0 Å². The number of unbranched alkanes of at least 4 members (excludes halogenated alkanes) is 1. The molecule has 3 rings (SSSR count). The Morgan fingerprint density at radius 2 is 1.63 bits per heavy atom. The van der Waals surface area contributed by atoms with Crippen molar-refractivity contribution in [3.63, 3.8) is 0 Å². The average molecular weight is 410 g/mol. The Morgan fingerprint density at radius 1 is 0.967 bits per heavy atom. The molecule has 1 aliphatic heterocycles. The second kappa shape index (κ2) is 9.65. The van der Waals surface area contributed by atoms with Gasteiger partial charge in [-0.2, -0.15) is 0 Å². The zero-order chi connectivity index (χ0) is 21.7. The maximum absolute atomic E-state index is 12.0. The number of anilines is 3. The van der Waals surface area contributed by atoms with Crippen molar-refractivity contribution in [1.82, 2.24) is 0 Å². The van der Waals surface area contributed by atoms with E-state index in [4.69, 9.17) is 0 Å². The van der Waals surface area contributed by atoms with Gasteiger partial charge in [0.05, 0.1) is 11.3 Å². The number of nitrogens with zero attached hydrogens (tertiary/aromatic N) is 2. The first-order valence-electron chi connectivity index (χ1n) is 10.6. The Bertz CT molecular complexity index is 918. The number of aromatic carboxylic acids is 1. The van der Waals surface area contributed by atoms with Crippen LogP contribution in [0.4, 0.5) is 17.1 Å². The second-order valence-electron chi connectivity index (χ2n) is 7.95. The van der Waals surface area contributed by atoms with Crippen LogP contribution in [0.2, 0.25) is 0 Å². The number of piperazine rings is 1. The summed E-state index contributed by atoms with van der Waals surface area (Å²) in [7, 11) is 0. The van der Waals surface area contributed by atoms with Crippen molar-refractivity contribution in [2.75, 3.05) is 41.3 Å². The van der Waals surface area contributed by atoms with Gasteiger partial charge in [-0.05, 0) is 55.7 Å². The molecule has 1 saturated heterocycles. The van der Waals surface area contributed by atoms with E-state index in [1.807, 2.05) is 13.0 Å². The number of benzene rings is 2. The quantitative estimate of drug-likeness (QED) is 0.706. The topological polar surface area (TPSA) is 72.9 Å². The molecule has 0 radical (unpaired) electrons. The number of carboxylic acids is 1. The van der Waals surface area contributed by atoms with Crippen molar-refractivity contribution in [2.24, 2.45) is 0 Å². The van der Waals surface area contributed by atoms with Crippen molar-refractivity contribution < 1.29 is 14.7 Å². The van der Waals surface area contributed by atoms with Gasteiger partial charge >= 0.3 is 5.97 Å². The first-order valence-corrected chi connectivity index (χ1v) is 10.6. The van der Waals surface area contributed by atoms with Crippen LogP contribution < -0.4 is 15.1 Å². The van der Waals surface area contributed by atoms with Gasteiger partial charge in [0.2, 0.25) is 5.91 Å². The third-order valence-corrected chi connectivity index (χ3v) is 5.59. The highest BCUT2D eigenvalue weighted by Crippen LogP contribution is 2.28. The van der Waals surface area contributed by atoms with Gasteiger partial charge in [-0.15, -0.1) is 0 Å². The van der Waals surface area contributed by atoms with Crippen LogP contribution in [0.5, 0.6) is 0 Å². The van der Waals surface area contributed by atoms with E-state index in [9.17, 15) is 14.7 Å². The fraction of sp³-hybridized carbons (Fsp3) is 0.417. The number of carbonyl (C=O) groups is 2. The Morgan fingerprint density at radius 3 is 2.27 bits per heavy atom. The summed E-state index contributed by atoms with van der Waals surface area (Å²) in [6.45, 7) is 9.41. The van der Waals surface area contributed by atoms with E-state index in [1.165, 1.54) is 16.8 Å². The maximum atomic E-state index is 12.0. The van der Waals surface area contributed by atoms with Crippen LogP contribution in [-0.2, 0) is 4.79 Å². The molecule has 2 aromatic carbocycles. The summed E-state index contributed by atoms with van der Waals surface area (Å²) in [5.74, 6) is -1.06. The monoisotopic (exact) mass is 409 g/mol. The first-order chi connectivity index (χ1) is 14.4. The van der Waals surface area contributed by atoms with E-state index in [1.54, 1.807) is 12.1 Å². The van der Waals surface area contributed by atoms with Gasteiger partial charge in [-0.25, -0.2) is 4.79 Å². The number of hydrogen-bond donors (Lipinski definition) is 2. The molecule has 0 atom stereocenters. The first kappa shape index (κ1) is 21.7. The lowest BCUT2D eigenvalue weighted by molar-refractivity contribution is -0.116. The number of hydrogen-bond acceptors (Lipinski definition) is 4. The predicted octanol–water partition coefficient (Wildman–Crippen LogP) is 4.46. The summed E-state index contributed by atoms with van der Waals surface area (Å²) in [6.07, 6.45) is 2.21. The summed E-state index contributed by atoms with van der Waals surface area (Å²) in [5.41, 5.74) is 5.20. The van der Waals surface area contributed by atoms with Crippen molar-refractivity contribution in [3.05, 3.63) is 53.1 Å². The summed E-state index contributed by atoms with van der Waals surface area (Å²) in [5, 5.41) is 12.6. The Labute approximate surface area is 178 Å². The molecule has 0 saturated carbocycles. The van der Waals surface area contributed by atoms with Crippen LogP contribution in [0.25, 0.3) is 0 Å². The fourth-order valence-corrected chi connectivity index (χ4v) is 3.87. The molecule has 1 aliphatic rings. The van der Waals surface area contributed by atoms with E-state index in [-0.39, 0.29) is 11.5 Å². The molecule has 2 N–H and O–H groups in total. The zero-order valence-corrected chi connectivity index (χ0v) is 18.1. The molecule has 30 heavy (non-hydrogen) atoms. The van der Waals surface area contributed by atoms with Gasteiger partial charge < -0.3 is 20.2 Å². The van der Waals surface area contributed by atoms with Crippen molar-refractivity contribution in [3.8, 4) is 0 Å². The molecular formula is C24H31N3O3. The summed E-state index contributed by atoms with van der Waals surface area (Å²) >= 11 is 0. The molecule has 0 aliphatic carbocycles. The normalized spacial score (nSPS) is 14.0. The largest absolute Gasteiger partial charge is 0.478 e. The molecule has 0 aromatic heterocycles. The van der Waals surface area contributed by atoms with Crippen LogP contribution in [0, 0.1) is 13.8 Å². The van der Waals surface area contributed by atoms with Crippen LogP contribution in [0.1, 0.15) is 47.7 Å². The SMILES string of the molecule is CCCCC(=O)Nc1ccc(N2CCN(c3cc(C)ccc3C)CC2)c(C(=O)O)c1. The summed E-state index contributed by atoms with van der Waals surface area (Å²) in [4.78, 5) is 28.4. The lowest BCUT2D eigenvalue weighted by atomic mass is 10.1. The smallest absolute Gasteiger partial charge is 0.337 e. The van der Waals surface area contributed by atoms with Crippen LogP contribution in [0.3, 0.4) is 0 Å². The molecule has 1 amide bonds. The molecular weight excluding hydrogens is 378 g/mol.